The van der Waals surface area contributed by atoms with Gasteiger partial charge in [0.2, 0.25) is 11.8 Å². The Balaban J connectivity index is 1.69. The first-order valence-electron chi connectivity index (χ1n) is 9.12. The van der Waals surface area contributed by atoms with E-state index in [-0.39, 0.29) is 11.7 Å². The largest absolute Gasteiger partial charge is 0.493 e. The Bertz CT molecular complexity index is 990. The molecule has 7 nitrogen and oxygen atoms in total. The molecule has 3 aromatic rings. The Labute approximate surface area is 174 Å². The maximum absolute atomic E-state index is 12.7. The fourth-order valence-corrected chi connectivity index (χ4v) is 3.54. The minimum atomic E-state index is -0.0160. The molecule has 0 radical (unpaired) electrons. The predicted octanol–water partition coefficient (Wildman–Crippen LogP) is 4.21. The molecule has 152 valence electrons. The Hall–Kier alpha value is -3.00. The van der Waals surface area contributed by atoms with Crippen molar-refractivity contribution < 1.29 is 18.7 Å². The topological polar surface area (TPSA) is 77.7 Å². The van der Waals surface area contributed by atoms with Gasteiger partial charge in [-0.05, 0) is 43.7 Å². The molecule has 1 aromatic heterocycles. The van der Waals surface area contributed by atoms with E-state index in [1.807, 2.05) is 44.2 Å². The molecule has 1 heterocycles. The van der Waals surface area contributed by atoms with E-state index in [2.05, 4.69) is 10.2 Å². The van der Waals surface area contributed by atoms with Crippen LogP contribution in [0.1, 0.15) is 12.5 Å². The van der Waals surface area contributed by atoms with Crippen molar-refractivity contribution in [3.63, 3.8) is 0 Å². The number of hydrogen-bond donors (Lipinski definition) is 0. The SMILES string of the molecule is CCN(C(=O)CSc1nnc(-c2ccc(OC)c(OC)c2)o1)c1ccccc1C. The second kappa shape index (κ2) is 9.47. The number of aryl methyl sites for hydroxylation is 1. The van der Waals surface area contributed by atoms with Gasteiger partial charge in [-0.25, -0.2) is 0 Å². The number of carbonyl (C=O) groups excluding carboxylic acids is 1. The van der Waals surface area contributed by atoms with Crippen molar-refractivity contribution in [2.75, 3.05) is 31.4 Å². The van der Waals surface area contributed by atoms with Gasteiger partial charge in [0, 0.05) is 17.8 Å². The monoisotopic (exact) mass is 413 g/mol. The summed E-state index contributed by atoms with van der Waals surface area (Å²) in [6.07, 6.45) is 0. The van der Waals surface area contributed by atoms with E-state index >= 15 is 0 Å². The third kappa shape index (κ3) is 4.71. The highest BCUT2D eigenvalue weighted by Gasteiger charge is 2.18. The molecular weight excluding hydrogens is 390 g/mol. The van der Waals surface area contributed by atoms with Crippen LogP contribution in [-0.2, 0) is 4.79 Å². The van der Waals surface area contributed by atoms with Crippen molar-refractivity contribution >= 4 is 23.4 Å². The number of thioether (sulfide) groups is 1. The molecule has 0 spiro atoms. The van der Waals surface area contributed by atoms with Gasteiger partial charge in [-0.2, -0.15) is 0 Å². The molecule has 0 bridgehead atoms. The van der Waals surface area contributed by atoms with Gasteiger partial charge in [0.15, 0.2) is 11.5 Å². The summed E-state index contributed by atoms with van der Waals surface area (Å²) < 4.78 is 16.3. The summed E-state index contributed by atoms with van der Waals surface area (Å²) in [7, 11) is 3.14. The summed E-state index contributed by atoms with van der Waals surface area (Å²) >= 11 is 1.22. The molecular formula is C21H23N3O4S. The first kappa shape index (κ1) is 20.7. The fourth-order valence-electron chi connectivity index (χ4n) is 2.90. The summed E-state index contributed by atoms with van der Waals surface area (Å²) in [5.41, 5.74) is 2.68. The van der Waals surface area contributed by atoms with Crippen LogP contribution in [0.15, 0.2) is 52.1 Å². The number of rotatable bonds is 8. The van der Waals surface area contributed by atoms with Crippen LogP contribution in [0.3, 0.4) is 0 Å². The van der Waals surface area contributed by atoms with Crippen LogP contribution < -0.4 is 14.4 Å². The van der Waals surface area contributed by atoms with E-state index in [0.717, 1.165) is 11.3 Å². The van der Waals surface area contributed by atoms with Crippen molar-refractivity contribution in [3.05, 3.63) is 48.0 Å². The maximum Gasteiger partial charge on any atom is 0.277 e. The molecule has 0 aliphatic heterocycles. The molecule has 0 aliphatic rings. The first-order chi connectivity index (χ1) is 14.1. The van der Waals surface area contributed by atoms with Gasteiger partial charge in [0.05, 0.1) is 20.0 Å². The van der Waals surface area contributed by atoms with Crippen LogP contribution in [0.25, 0.3) is 11.5 Å². The van der Waals surface area contributed by atoms with Crippen LogP contribution in [0, 0.1) is 6.92 Å². The summed E-state index contributed by atoms with van der Waals surface area (Å²) in [6, 6.07) is 13.2. The lowest BCUT2D eigenvalue weighted by atomic mass is 10.2. The van der Waals surface area contributed by atoms with Gasteiger partial charge < -0.3 is 18.8 Å². The standard InChI is InChI=1S/C21H23N3O4S/c1-5-24(16-9-7-6-8-14(16)2)19(25)13-29-21-23-22-20(28-21)15-10-11-17(26-3)18(12-15)27-4/h6-12H,5,13H2,1-4H3. The molecule has 0 saturated heterocycles. The van der Waals surface area contributed by atoms with E-state index in [4.69, 9.17) is 13.9 Å². The third-order valence-corrected chi connectivity index (χ3v) is 5.18. The molecule has 0 aliphatic carbocycles. The van der Waals surface area contributed by atoms with Gasteiger partial charge in [-0.15, -0.1) is 10.2 Å². The second-order valence-electron chi connectivity index (χ2n) is 6.16. The summed E-state index contributed by atoms with van der Waals surface area (Å²) in [6.45, 7) is 4.54. The Kier molecular flexibility index (Phi) is 6.77. The first-order valence-corrected chi connectivity index (χ1v) is 10.1. The molecule has 0 unspecified atom stereocenters. The highest BCUT2D eigenvalue weighted by atomic mass is 32.2. The van der Waals surface area contributed by atoms with Crippen LogP contribution >= 0.6 is 11.8 Å². The van der Waals surface area contributed by atoms with Crippen molar-refractivity contribution in [3.8, 4) is 23.0 Å². The average molecular weight is 413 g/mol. The maximum atomic E-state index is 12.7. The van der Waals surface area contributed by atoms with Crippen molar-refractivity contribution in [1.82, 2.24) is 10.2 Å². The van der Waals surface area contributed by atoms with Gasteiger partial charge in [0.1, 0.15) is 0 Å². The van der Waals surface area contributed by atoms with Gasteiger partial charge in [-0.1, -0.05) is 30.0 Å². The van der Waals surface area contributed by atoms with Gasteiger partial charge in [0.25, 0.3) is 5.22 Å². The summed E-state index contributed by atoms with van der Waals surface area (Å²) in [5, 5.41) is 8.45. The average Bonchev–Trinajstić information content (AvgIpc) is 3.22. The van der Waals surface area contributed by atoms with Crippen molar-refractivity contribution in [1.29, 1.82) is 0 Å². The lowest BCUT2D eigenvalue weighted by Crippen LogP contribution is -2.32. The number of aromatic nitrogens is 2. The molecule has 29 heavy (non-hydrogen) atoms. The zero-order chi connectivity index (χ0) is 20.8. The number of methoxy groups -OCH3 is 2. The zero-order valence-electron chi connectivity index (χ0n) is 16.8. The molecule has 0 fully saturated rings. The highest BCUT2D eigenvalue weighted by molar-refractivity contribution is 7.99. The lowest BCUT2D eigenvalue weighted by Gasteiger charge is -2.22. The Morgan fingerprint density at radius 1 is 1.10 bits per heavy atom. The number of amides is 1. The number of ether oxygens (including phenoxy) is 2. The molecule has 0 atom stereocenters. The normalized spacial score (nSPS) is 10.6. The van der Waals surface area contributed by atoms with Crippen molar-refractivity contribution in [2.45, 2.75) is 19.1 Å². The molecule has 2 aromatic carbocycles. The third-order valence-electron chi connectivity index (χ3n) is 4.38. The predicted molar refractivity (Wildman–Crippen MR) is 113 cm³/mol. The number of hydrogen-bond acceptors (Lipinski definition) is 7. The second-order valence-corrected chi connectivity index (χ2v) is 7.08. The smallest absolute Gasteiger partial charge is 0.277 e. The summed E-state index contributed by atoms with van der Waals surface area (Å²) in [5.74, 6) is 1.73. The van der Waals surface area contributed by atoms with Gasteiger partial charge in [-0.3, -0.25) is 4.79 Å². The van der Waals surface area contributed by atoms with E-state index < -0.39 is 0 Å². The van der Waals surface area contributed by atoms with E-state index in [1.165, 1.54) is 11.8 Å². The molecule has 0 N–H and O–H groups in total. The molecule has 1 amide bonds. The number of carbonyl (C=O) groups is 1. The zero-order valence-corrected chi connectivity index (χ0v) is 17.7. The quantitative estimate of drug-likeness (QED) is 0.512. The van der Waals surface area contributed by atoms with E-state index in [0.29, 0.717) is 34.7 Å². The number of para-hydroxylation sites is 1. The summed E-state index contributed by atoms with van der Waals surface area (Å²) in [4.78, 5) is 14.5. The van der Waals surface area contributed by atoms with Crippen LogP contribution in [-0.4, -0.2) is 42.6 Å². The van der Waals surface area contributed by atoms with Crippen LogP contribution in [0.5, 0.6) is 11.5 Å². The number of benzene rings is 2. The van der Waals surface area contributed by atoms with Gasteiger partial charge >= 0.3 is 0 Å². The lowest BCUT2D eigenvalue weighted by molar-refractivity contribution is -0.116. The molecule has 0 saturated carbocycles. The Morgan fingerprint density at radius 2 is 1.86 bits per heavy atom. The fraction of sp³-hybridized carbons (Fsp3) is 0.286. The molecule has 8 heteroatoms. The molecule has 3 rings (SSSR count). The number of nitrogens with zero attached hydrogens (tertiary/aromatic N) is 3. The van der Waals surface area contributed by atoms with Crippen LogP contribution in [0.2, 0.25) is 0 Å². The minimum absolute atomic E-state index is 0.0160. The Morgan fingerprint density at radius 3 is 2.55 bits per heavy atom. The minimum Gasteiger partial charge on any atom is -0.493 e. The van der Waals surface area contributed by atoms with E-state index in [1.54, 1.807) is 31.3 Å². The van der Waals surface area contributed by atoms with Crippen molar-refractivity contribution in [2.24, 2.45) is 0 Å². The highest BCUT2D eigenvalue weighted by Crippen LogP contribution is 2.32. The van der Waals surface area contributed by atoms with E-state index in [9.17, 15) is 4.79 Å². The van der Waals surface area contributed by atoms with Crippen LogP contribution in [0.4, 0.5) is 5.69 Å². The number of anilines is 1.